The Bertz CT molecular complexity index is 190. The summed E-state index contributed by atoms with van der Waals surface area (Å²) < 4.78 is 4.98. The molecule has 0 aromatic heterocycles. The van der Waals surface area contributed by atoms with E-state index in [9.17, 15) is 0 Å². The van der Waals surface area contributed by atoms with Gasteiger partial charge in [0.15, 0.2) is 0 Å². The van der Waals surface area contributed by atoms with Crippen LogP contribution in [0.1, 0.15) is 65.2 Å². The number of allylic oxidation sites excluding steroid dienone is 1. The minimum absolute atomic E-state index is 0.806. The van der Waals surface area contributed by atoms with Crippen LogP contribution < -0.4 is 5.32 Å². The summed E-state index contributed by atoms with van der Waals surface area (Å²) in [4.78, 5) is 0. The zero-order valence-corrected chi connectivity index (χ0v) is 12.8. The van der Waals surface area contributed by atoms with Gasteiger partial charge in [-0.25, -0.2) is 0 Å². The second-order valence-corrected chi connectivity index (χ2v) is 5.10. The number of rotatable bonds is 13. The van der Waals surface area contributed by atoms with Crippen LogP contribution in [0.3, 0.4) is 0 Å². The van der Waals surface area contributed by atoms with Crippen LogP contribution in [-0.4, -0.2) is 26.8 Å². The van der Waals surface area contributed by atoms with Crippen molar-refractivity contribution in [2.45, 2.75) is 65.2 Å². The zero-order chi connectivity index (χ0) is 13.5. The first-order valence-corrected chi connectivity index (χ1v) is 7.66. The first-order valence-electron chi connectivity index (χ1n) is 7.66. The molecule has 108 valence electrons. The smallest absolute Gasteiger partial charge is 0.0587 e. The van der Waals surface area contributed by atoms with Gasteiger partial charge >= 0.3 is 0 Å². The van der Waals surface area contributed by atoms with Crippen molar-refractivity contribution in [2.24, 2.45) is 0 Å². The van der Waals surface area contributed by atoms with Gasteiger partial charge in [-0.05, 0) is 32.7 Å². The Labute approximate surface area is 114 Å². The minimum atomic E-state index is 0.806. The van der Waals surface area contributed by atoms with Crippen molar-refractivity contribution in [1.29, 1.82) is 0 Å². The van der Waals surface area contributed by atoms with Crippen molar-refractivity contribution in [1.82, 2.24) is 5.32 Å². The van der Waals surface area contributed by atoms with E-state index in [1.807, 2.05) is 0 Å². The molecule has 0 aliphatic carbocycles. The van der Waals surface area contributed by atoms with E-state index in [1.165, 1.54) is 44.9 Å². The third-order valence-corrected chi connectivity index (χ3v) is 3.22. The van der Waals surface area contributed by atoms with Crippen LogP contribution in [0.2, 0.25) is 0 Å². The lowest BCUT2D eigenvalue weighted by atomic mass is 10.1. The van der Waals surface area contributed by atoms with E-state index in [-0.39, 0.29) is 0 Å². The molecular formula is C16H33NO. The molecule has 0 aliphatic heterocycles. The highest BCUT2D eigenvalue weighted by Crippen LogP contribution is 2.11. The average molecular weight is 255 g/mol. The molecule has 0 bridgehead atoms. The molecule has 18 heavy (non-hydrogen) atoms. The Morgan fingerprint density at radius 1 is 1.06 bits per heavy atom. The predicted octanol–water partition coefficient (Wildman–Crippen LogP) is 4.31. The second-order valence-electron chi connectivity index (χ2n) is 5.10. The van der Waals surface area contributed by atoms with Crippen molar-refractivity contribution in [3.63, 3.8) is 0 Å². The molecule has 0 amide bonds. The van der Waals surface area contributed by atoms with Crippen LogP contribution in [0.4, 0.5) is 0 Å². The summed E-state index contributed by atoms with van der Waals surface area (Å²) in [6, 6.07) is 0. The van der Waals surface area contributed by atoms with E-state index in [4.69, 9.17) is 4.74 Å². The van der Waals surface area contributed by atoms with Gasteiger partial charge in [-0.1, -0.05) is 50.7 Å². The van der Waals surface area contributed by atoms with Crippen LogP contribution in [0.25, 0.3) is 0 Å². The highest BCUT2D eigenvalue weighted by molar-refractivity contribution is 4.97. The molecule has 2 nitrogen and oxygen atoms in total. The molecule has 0 fully saturated rings. The maximum Gasteiger partial charge on any atom is 0.0587 e. The number of methoxy groups -OCH3 is 1. The topological polar surface area (TPSA) is 21.3 Å². The summed E-state index contributed by atoms with van der Waals surface area (Å²) in [5.41, 5.74) is 1.55. The molecule has 0 rings (SSSR count). The van der Waals surface area contributed by atoms with E-state index in [0.717, 1.165) is 26.1 Å². The maximum absolute atomic E-state index is 4.98. The molecule has 0 aromatic carbocycles. The molecule has 0 saturated carbocycles. The summed E-state index contributed by atoms with van der Waals surface area (Å²) in [7, 11) is 1.74. The SMILES string of the molecule is CCCCCCCCC(C)=CCCNCCOC. The number of hydrogen-bond donors (Lipinski definition) is 1. The third kappa shape index (κ3) is 13.7. The van der Waals surface area contributed by atoms with Crippen molar-refractivity contribution in [3.8, 4) is 0 Å². The molecule has 0 radical (unpaired) electrons. The van der Waals surface area contributed by atoms with Crippen molar-refractivity contribution >= 4 is 0 Å². The molecule has 0 saturated heterocycles. The lowest BCUT2D eigenvalue weighted by Crippen LogP contribution is -2.19. The van der Waals surface area contributed by atoms with E-state index in [0.29, 0.717) is 0 Å². The van der Waals surface area contributed by atoms with E-state index in [1.54, 1.807) is 12.7 Å². The van der Waals surface area contributed by atoms with Crippen molar-refractivity contribution in [2.75, 3.05) is 26.8 Å². The second kappa shape index (κ2) is 14.7. The van der Waals surface area contributed by atoms with E-state index in [2.05, 4.69) is 25.2 Å². The summed E-state index contributed by atoms with van der Waals surface area (Å²) >= 11 is 0. The van der Waals surface area contributed by atoms with Gasteiger partial charge in [-0.3, -0.25) is 0 Å². The molecule has 2 heteroatoms. The van der Waals surface area contributed by atoms with Gasteiger partial charge in [0.1, 0.15) is 0 Å². The van der Waals surface area contributed by atoms with Crippen LogP contribution >= 0.6 is 0 Å². The Hall–Kier alpha value is -0.340. The molecule has 0 spiro atoms. The van der Waals surface area contributed by atoms with Gasteiger partial charge in [0, 0.05) is 13.7 Å². The fraction of sp³-hybridized carbons (Fsp3) is 0.875. The largest absolute Gasteiger partial charge is 0.383 e. The number of nitrogens with one attached hydrogen (secondary N) is 1. The van der Waals surface area contributed by atoms with Crippen molar-refractivity contribution in [3.05, 3.63) is 11.6 Å². The molecule has 0 heterocycles. The summed E-state index contributed by atoms with van der Waals surface area (Å²) in [6.07, 6.45) is 13.2. The summed E-state index contributed by atoms with van der Waals surface area (Å²) in [5, 5.41) is 3.36. The van der Waals surface area contributed by atoms with Crippen LogP contribution in [0, 0.1) is 0 Å². The normalized spacial score (nSPS) is 12.1. The van der Waals surface area contributed by atoms with Gasteiger partial charge in [0.2, 0.25) is 0 Å². The number of hydrogen-bond acceptors (Lipinski definition) is 2. The Balaban J connectivity index is 3.26. The first-order chi connectivity index (χ1) is 8.81. The summed E-state index contributed by atoms with van der Waals surface area (Å²) in [5.74, 6) is 0. The van der Waals surface area contributed by atoms with Crippen molar-refractivity contribution < 1.29 is 4.74 Å². The predicted molar refractivity (Wildman–Crippen MR) is 81.1 cm³/mol. The van der Waals surface area contributed by atoms with Crippen LogP contribution in [0.15, 0.2) is 11.6 Å². The van der Waals surface area contributed by atoms with Crippen LogP contribution in [-0.2, 0) is 4.74 Å². The van der Waals surface area contributed by atoms with Gasteiger partial charge < -0.3 is 10.1 Å². The molecule has 0 atom stereocenters. The van der Waals surface area contributed by atoms with E-state index < -0.39 is 0 Å². The maximum atomic E-state index is 4.98. The molecule has 1 N–H and O–H groups in total. The summed E-state index contributed by atoms with van der Waals surface area (Å²) in [6.45, 7) is 7.37. The van der Waals surface area contributed by atoms with E-state index >= 15 is 0 Å². The fourth-order valence-electron chi connectivity index (χ4n) is 2.01. The fourth-order valence-corrected chi connectivity index (χ4v) is 2.01. The number of unbranched alkanes of at least 4 members (excludes halogenated alkanes) is 5. The lowest BCUT2D eigenvalue weighted by molar-refractivity contribution is 0.199. The molecule has 0 unspecified atom stereocenters. The molecular weight excluding hydrogens is 222 g/mol. The van der Waals surface area contributed by atoms with Gasteiger partial charge in [-0.15, -0.1) is 0 Å². The number of ether oxygens (including phenoxy) is 1. The Morgan fingerprint density at radius 3 is 2.50 bits per heavy atom. The zero-order valence-electron chi connectivity index (χ0n) is 12.8. The quantitative estimate of drug-likeness (QED) is 0.391. The van der Waals surface area contributed by atoms with Gasteiger partial charge in [0.25, 0.3) is 0 Å². The standard InChI is InChI=1S/C16H33NO/c1-4-5-6-7-8-9-11-16(2)12-10-13-17-14-15-18-3/h12,17H,4-11,13-15H2,1-3H3. The highest BCUT2D eigenvalue weighted by atomic mass is 16.5. The monoisotopic (exact) mass is 255 g/mol. The highest BCUT2D eigenvalue weighted by Gasteiger charge is 1.93. The van der Waals surface area contributed by atoms with Gasteiger partial charge in [0.05, 0.1) is 6.61 Å². The first kappa shape index (κ1) is 17.7. The average Bonchev–Trinajstić information content (AvgIpc) is 2.38. The van der Waals surface area contributed by atoms with Crippen LogP contribution in [0.5, 0.6) is 0 Å². The Morgan fingerprint density at radius 2 is 1.78 bits per heavy atom. The van der Waals surface area contributed by atoms with Gasteiger partial charge in [-0.2, -0.15) is 0 Å². The Kier molecular flexibility index (Phi) is 14.4. The lowest BCUT2D eigenvalue weighted by Gasteiger charge is -2.04. The molecule has 0 aliphatic rings. The molecule has 0 aromatic rings. The third-order valence-electron chi connectivity index (χ3n) is 3.22. The minimum Gasteiger partial charge on any atom is -0.383 e.